The Balaban J connectivity index is 3.09. The molecule has 0 aliphatic carbocycles. The van der Waals surface area contributed by atoms with E-state index in [0.29, 0.717) is 11.5 Å². The maximum Gasteiger partial charge on any atom is 0.237 e. The van der Waals surface area contributed by atoms with E-state index in [1.165, 1.54) is 27.2 Å². The lowest BCUT2D eigenvalue weighted by molar-refractivity contribution is 0.296. The molecule has 0 aliphatic heterocycles. The zero-order valence-electron chi connectivity index (χ0n) is 10.5. The van der Waals surface area contributed by atoms with Crippen molar-refractivity contribution in [2.45, 2.75) is 12.2 Å². The van der Waals surface area contributed by atoms with Crippen LogP contribution in [0.1, 0.15) is 6.92 Å². The number of nitrogens with one attached hydrogen (secondary N) is 1. The van der Waals surface area contributed by atoms with E-state index >= 15 is 0 Å². The second-order valence-electron chi connectivity index (χ2n) is 3.71. The fourth-order valence-electron chi connectivity index (χ4n) is 1.25. The van der Waals surface area contributed by atoms with E-state index in [1.807, 2.05) is 0 Å². The Labute approximate surface area is 107 Å². The normalized spacial score (nSPS) is 12.9. The molecule has 0 saturated carbocycles. The maximum atomic E-state index is 11.8. The number of aliphatic hydroxyl groups is 1. The van der Waals surface area contributed by atoms with Crippen molar-refractivity contribution in [2.24, 2.45) is 0 Å². The summed E-state index contributed by atoms with van der Waals surface area (Å²) in [5.41, 5.74) is 0.275. The fraction of sp³-hybridized carbons (Fsp3) is 0.455. The minimum atomic E-state index is -3.66. The van der Waals surface area contributed by atoms with Gasteiger partial charge in [0, 0.05) is 6.07 Å². The molecule has 1 aromatic carbocycles. The van der Waals surface area contributed by atoms with Crippen LogP contribution in [0, 0.1) is 0 Å². The van der Waals surface area contributed by atoms with Gasteiger partial charge in [0.15, 0.2) is 0 Å². The van der Waals surface area contributed by atoms with Crippen LogP contribution in [-0.2, 0) is 10.0 Å². The first kappa shape index (κ1) is 14.6. The summed E-state index contributed by atoms with van der Waals surface area (Å²) >= 11 is 0. The Morgan fingerprint density at radius 1 is 1.33 bits per heavy atom. The van der Waals surface area contributed by atoms with Gasteiger partial charge in [0.05, 0.1) is 26.5 Å². The smallest absolute Gasteiger partial charge is 0.237 e. The Morgan fingerprint density at radius 2 is 2.00 bits per heavy atom. The molecular weight excluding hydrogens is 258 g/mol. The van der Waals surface area contributed by atoms with E-state index in [1.54, 1.807) is 12.1 Å². The van der Waals surface area contributed by atoms with Gasteiger partial charge in [0.2, 0.25) is 10.0 Å². The van der Waals surface area contributed by atoms with Crippen LogP contribution in [0.4, 0.5) is 5.69 Å². The average Bonchev–Trinajstić information content (AvgIpc) is 2.37. The number of sulfonamides is 1. The summed E-state index contributed by atoms with van der Waals surface area (Å²) in [6.45, 7) is 0.955. The molecule has 1 aromatic rings. The molecular formula is C11H17NO5S. The number of benzene rings is 1. The van der Waals surface area contributed by atoms with E-state index in [9.17, 15) is 8.42 Å². The highest BCUT2D eigenvalue weighted by Crippen LogP contribution is 2.30. The predicted octanol–water partition coefficient (Wildman–Crippen LogP) is 0.826. The van der Waals surface area contributed by atoms with E-state index < -0.39 is 21.9 Å². The molecule has 0 amide bonds. The lowest BCUT2D eigenvalue weighted by Crippen LogP contribution is -2.28. The first-order valence-electron chi connectivity index (χ1n) is 5.29. The summed E-state index contributed by atoms with van der Waals surface area (Å²) in [6, 6.07) is 4.77. The molecule has 6 nitrogen and oxygen atoms in total. The van der Waals surface area contributed by atoms with Gasteiger partial charge in [-0.15, -0.1) is 0 Å². The zero-order chi connectivity index (χ0) is 13.8. The van der Waals surface area contributed by atoms with Crippen LogP contribution in [-0.4, -0.2) is 39.6 Å². The number of hydrogen-bond acceptors (Lipinski definition) is 5. The van der Waals surface area contributed by atoms with Crippen molar-refractivity contribution in [2.75, 3.05) is 25.5 Å². The van der Waals surface area contributed by atoms with Crippen molar-refractivity contribution >= 4 is 15.7 Å². The molecule has 0 radical (unpaired) electrons. The molecule has 0 aliphatic rings. The number of anilines is 1. The van der Waals surface area contributed by atoms with Crippen molar-refractivity contribution in [1.29, 1.82) is 0 Å². The van der Waals surface area contributed by atoms with Crippen LogP contribution in [0.25, 0.3) is 0 Å². The van der Waals surface area contributed by atoms with Gasteiger partial charge >= 0.3 is 0 Å². The van der Waals surface area contributed by atoms with E-state index in [-0.39, 0.29) is 5.69 Å². The highest BCUT2D eigenvalue weighted by atomic mass is 32.2. The highest BCUT2D eigenvalue weighted by Gasteiger charge is 2.21. The minimum absolute atomic E-state index is 0.275. The van der Waals surface area contributed by atoms with Gasteiger partial charge in [-0.1, -0.05) is 0 Å². The summed E-state index contributed by atoms with van der Waals surface area (Å²) in [5, 5.41) is 7.99. The van der Waals surface area contributed by atoms with Crippen LogP contribution < -0.4 is 14.2 Å². The van der Waals surface area contributed by atoms with E-state index in [4.69, 9.17) is 14.6 Å². The Kier molecular flexibility index (Phi) is 4.80. The molecule has 0 spiro atoms. The third kappa shape index (κ3) is 3.27. The summed E-state index contributed by atoms with van der Waals surface area (Å²) in [6.07, 6.45) is 0. The largest absolute Gasteiger partial charge is 0.497 e. The molecule has 2 N–H and O–H groups in total. The first-order chi connectivity index (χ1) is 8.44. The number of methoxy groups -OCH3 is 2. The molecule has 0 bridgehead atoms. The van der Waals surface area contributed by atoms with Gasteiger partial charge in [-0.05, 0) is 19.1 Å². The van der Waals surface area contributed by atoms with Crippen LogP contribution in [0.2, 0.25) is 0 Å². The molecule has 18 heavy (non-hydrogen) atoms. The third-order valence-corrected chi connectivity index (χ3v) is 4.16. The lowest BCUT2D eigenvalue weighted by Gasteiger charge is -2.15. The molecule has 1 unspecified atom stereocenters. The molecule has 0 saturated heterocycles. The molecule has 7 heteroatoms. The SMILES string of the molecule is COc1ccc(OC)c(NS(=O)(=O)C(C)CO)c1. The molecule has 0 heterocycles. The minimum Gasteiger partial charge on any atom is -0.497 e. The lowest BCUT2D eigenvalue weighted by atomic mass is 10.3. The second-order valence-corrected chi connectivity index (χ2v) is 5.81. The van der Waals surface area contributed by atoms with Crippen LogP contribution in [0.15, 0.2) is 18.2 Å². The average molecular weight is 275 g/mol. The molecule has 0 fully saturated rings. The summed E-state index contributed by atoms with van der Waals surface area (Å²) < 4.78 is 36.1. The monoisotopic (exact) mass is 275 g/mol. The van der Waals surface area contributed by atoms with Gasteiger partial charge in [0.1, 0.15) is 16.7 Å². The standard InChI is InChI=1S/C11H17NO5S/c1-8(7-13)18(14,15)12-10-6-9(16-2)4-5-11(10)17-3/h4-6,8,12-13H,7H2,1-3H3. The van der Waals surface area contributed by atoms with Gasteiger partial charge < -0.3 is 14.6 Å². The number of rotatable bonds is 6. The molecule has 102 valence electrons. The van der Waals surface area contributed by atoms with Crippen molar-refractivity contribution in [3.05, 3.63) is 18.2 Å². The number of hydrogen-bond donors (Lipinski definition) is 2. The molecule has 0 aromatic heterocycles. The highest BCUT2D eigenvalue weighted by molar-refractivity contribution is 7.93. The van der Waals surface area contributed by atoms with Crippen LogP contribution >= 0.6 is 0 Å². The first-order valence-corrected chi connectivity index (χ1v) is 6.83. The second kappa shape index (κ2) is 5.92. The van der Waals surface area contributed by atoms with Crippen molar-refractivity contribution in [1.82, 2.24) is 0 Å². The van der Waals surface area contributed by atoms with Crippen molar-refractivity contribution < 1.29 is 23.0 Å². The maximum absolute atomic E-state index is 11.8. The van der Waals surface area contributed by atoms with Crippen LogP contribution in [0.3, 0.4) is 0 Å². The Hall–Kier alpha value is -1.47. The quantitative estimate of drug-likeness (QED) is 0.803. The van der Waals surface area contributed by atoms with Gasteiger partial charge in [0.25, 0.3) is 0 Å². The number of ether oxygens (including phenoxy) is 2. The molecule has 1 atom stereocenters. The fourth-order valence-corrected chi connectivity index (χ4v) is 2.11. The van der Waals surface area contributed by atoms with Crippen LogP contribution in [0.5, 0.6) is 11.5 Å². The van der Waals surface area contributed by atoms with E-state index in [2.05, 4.69) is 4.72 Å². The summed E-state index contributed by atoms with van der Waals surface area (Å²) in [7, 11) is -0.734. The molecule has 1 rings (SSSR count). The zero-order valence-corrected chi connectivity index (χ0v) is 11.3. The summed E-state index contributed by atoms with van der Waals surface area (Å²) in [4.78, 5) is 0. The predicted molar refractivity (Wildman–Crippen MR) is 68.6 cm³/mol. The summed E-state index contributed by atoms with van der Waals surface area (Å²) in [5.74, 6) is 0.884. The van der Waals surface area contributed by atoms with E-state index in [0.717, 1.165) is 0 Å². The Morgan fingerprint density at radius 3 is 2.50 bits per heavy atom. The Bertz CT molecular complexity index is 500. The van der Waals surface area contributed by atoms with Gasteiger partial charge in [-0.2, -0.15) is 0 Å². The van der Waals surface area contributed by atoms with Crippen molar-refractivity contribution in [3.63, 3.8) is 0 Å². The topological polar surface area (TPSA) is 84.9 Å². The van der Waals surface area contributed by atoms with Gasteiger partial charge in [-0.3, -0.25) is 4.72 Å². The van der Waals surface area contributed by atoms with Gasteiger partial charge in [-0.25, -0.2) is 8.42 Å². The third-order valence-electron chi connectivity index (χ3n) is 2.45. The number of aliphatic hydroxyl groups excluding tert-OH is 1. The van der Waals surface area contributed by atoms with Crippen molar-refractivity contribution in [3.8, 4) is 11.5 Å².